The standard InChI is InChI=1S/C29H37N5O2/c1-32(28(35)25-12-19-36-20-13-25)27(21-23-7-3-2-4-8-23)24-10-17-33(18-11-24)22-26-9-5-16-34(26)29-30-14-6-15-31-29/h2-9,14-16,24-25,27H,10-13,17-22H2,1H3/t27-/m1/s1. The number of amides is 1. The summed E-state index contributed by atoms with van der Waals surface area (Å²) in [6.45, 7) is 4.31. The molecule has 2 aromatic heterocycles. The molecule has 1 atom stereocenters. The quantitative estimate of drug-likeness (QED) is 0.481. The van der Waals surface area contributed by atoms with Gasteiger partial charge in [0.1, 0.15) is 0 Å². The van der Waals surface area contributed by atoms with Crippen LogP contribution in [0.4, 0.5) is 0 Å². The van der Waals surface area contributed by atoms with Gasteiger partial charge in [0.15, 0.2) is 0 Å². The minimum absolute atomic E-state index is 0.0927. The molecule has 5 rings (SSSR count). The third-order valence-corrected chi connectivity index (χ3v) is 7.87. The second-order valence-electron chi connectivity index (χ2n) is 10.1. The average Bonchev–Trinajstić information content (AvgIpc) is 3.41. The molecule has 0 bridgehead atoms. The fourth-order valence-corrected chi connectivity index (χ4v) is 5.75. The van der Waals surface area contributed by atoms with Crippen LogP contribution in [-0.4, -0.2) is 69.6 Å². The first-order valence-electron chi connectivity index (χ1n) is 13.2. The molecule has 2 aliphatic heterocycles. The molecule has 2 saturated heterocycles. The smallest absolute Gasteiger partial charge is 0.233 e. The van der Waals surface area contributed by atoms with Crippen molar-refractivity contribution in [2.45, 2.75) is 44.7 Å². The van der Waals surface area contributed by atoms with Gasteiger partial charge in [-0.15, -0.1) is 0 Å². The Morgan fingerprint density at radius 3 is 2.44 bits per heavy atom. The molecule has 1 aromatic carbocycles. The van der Waals surface area contributed by atoms with Gasteiger partial charge in [-0.1, -0.05) is 30.3 Å². The third kappa shape index (κ3) is 5.85. The highest BCUT2D eigenvalue weighted by atomic mass is 16.5. The first kappa shape index (κ1) is 24.7. The Balaban J connectivity index is 1.25. The summed E-state index contributed by atoms with van der Waals surface area (Å²) in [7, 11) is 2.03. The molecular weight excluding hydrogens is 450 g/mol. The fraction of sp³-hybridized carbons (Fsp3) is 0.483. The van der Waals surface area contributed by atoms with Crippen molar-refractivity contribution >= 4 is 5.91 Å². The summed E-state index contributed by atoms with van der Waals surface area (Å²) < 4.78 is 7.58. The summed E-state index contributed by atoms with van der Waals surface area (Å²) >= 11 is 0. The van der Waals surface area contributed by atoms with Gasteiger partial charge in [-0.2, -0.15) is 0 Å². The van der Waals surface area contributed by atoms with Crippen LogP contribution in [0.3, 0.4) is 0 Å². The van der Waals surface area contributed by atoms with Gasteiger partial charge in [0, 0.05) is 63.1 Å². The lowest BCUT2D eigenvalue weighted by molar-refractivity contribution is -0.140. The van der Waals surface area contributed by atoms with Gasteiger partial charge in [0.2, 0.25) is 11.9 Å². The second kappa shape index (κ2) is 11.8. The van der Waals surface area contributed by atoms with E-state index in [1.165, 1.54) is 11.3 Å². The third-order valence-electron chi connectivity index (χ3n) is 7.87. The van der Waals surface area contributed by atoms with E-state index < -0.39 is 0 Å². The minimum atomic E-state index is 0.0927. The van der Waals surface area contributed by atoms with Gasteiger partial charge in [-0.25, -0.2) is 9.97 Å². The van der Waals surface area contributed by atoms with Crippen LogP contribution in [0.25, 0.3) is 5.95 Å². The van der Waals surface area contributed by atoms with E-state index in [1.807, 2.05) is 19.3 Å². The molecule has 4 heterocycles. The highest BCUT2D eigenvalue weighted by Crippen LogP contribution is 2.29. The predicted octanol–water partition coefficient (Wildman–Crippen LogP) is 3.98. The summed E-state index contributed by atoms with van der Waals surface area (Å²) in [6.07, 6.45) is 10.4. The van der Waals surface area contributed by atoms with Gasteiger partial charge < -0.3 is 9.64 Å². The van der Waals surface area contributed by atoms with Crippen molar-refractivity contribution in [2.24, 2.45) is 11.8 Å². The first-order chi connectivity index (χ1) is 17.7. The number of hydrogen-bond donors (Lipinski definition) is 0. The fourth-order valence-electron chi connectivity index (χ4n) is 5.75. The zero-order valence-electron chi connectivity index (χ0n) is 21.2. The maximum absolute atomic E-state index is 13.5. The molecule has 190 valence electrons. The van der Waals surface area contributed by atoms with Gasteiger partial charge in [0.05, 0.1) is 0 Å². The number of carbonyl (C=O) groups excluding carboxylic acids is 1. The summed E-state index contributed by atoms with van der Waals surface area (Å²) in [4.78, 5) is 26.9. The van der Waals surface area contributed by atoms with E-state index in [9.17, 15) is 4.79 Å². The minimum Gasteiger partial charge on any atom is -0.381 e. The number of rotatable bonds is 8. The zero-order valence-corrected chi connectivity index (χ0v) is 21.2. The molecule has 3 aromatic rings. The lowest BCUT2D eigenvalue weighted by Gasteiger charge is -2.41. The van der Waals surface area contributed by atoms with Gasteiger partial charge in [-0.05, 0) is 74.9 Å². The zero-order chi connectivity index (χ0) is 24.7. The van der Waals surface area contributed by atoms with Gasteiger partial charge in [-0.3, -0.25) is 14.3 Å². The van der Waals surface area contributed by atoms with Crippen LogP contribution in [0, 0.1) is 11.8 Å². The van der Waals surface area contributed by atoms with Gasteiger partial charge >= 0.3 is 0 Å². The van der Waals surface area contributed by atoms with Crippen molar-refractivity contribution in [1.82, 2.24) is 24.3 Å². The maximum Gasteiger partial charge on any atom is 0.233 e. The molecule has 7 heteroatoms. The van der Waals surface area contributed by atoms with E-state index >= 15 is 0 Å². The summed E-state index contributed by atoms with van der Waals surface area (Å²) in [5.41, 5.74) is 2.50. The number of nitrogens with zero attached hydrogens (tertiary/aromatic N) is 5. The van der Waals surface area contributed by atoms with E-state index in [1.54, 1.807) is 12.4 Å². The summed E-state index contributed by atoms with van der Waals surface area (Å²) in [5.74, 6) is 1.58. The van der Waals surface area contributed by atoms with Crippen LogP contribution in [0.5, 0.6) is 0 Å². The molecule has 2 fully saturated rings. The van der Waals surface area contributed by atoms with E-state index in [-0.39, 0.29) is 12.0 Å². The number of benzene rings is 1. The summed E-state index contributed by atoms with van der Waals surface area (Å²) in [6, 6.07) is 16.9. The van der Waals surface area contributed by atoms with Crippen LogP contribution in [-0.2, 0) is 22.5 Å². The van der Waals surface area contributed by atoms with Crippen molar-refractivity contribution < 1.29 is 9.53 Å². The monoisotopic (exact) mass is 487 g/mol. The molecule has 0 radical (unpaired) electrons. The summed E-state index contributed by atoms with van der Waals surface area (Å²) in [5, 5.41) is 0. The van der Waals surface area contributed by atoms with Crippen LogP contribution >= 0.6 is 0 Å². The first-order valence-corrected chi connectivity index (χ1v) is 13.2. The molecule has 0 unspecified atom stereocenters. The topological polar surface area (TPSA) is 63.5 Å². The van der Waals surface area contributed by atoms with Crippen molar-refractivity contribution in [3.05, 3.63) is 78.4 Å². The van der Waals surface area contributed by atoms with Crippen LogP contribution in [0.1, 0.15) is 36.9 Å². The highest BCUT2D eigenvalue weighted by Gasteiger charge is 2.34. The van der Waals surface area contributed by atoms with E-state index in [4.69, 9.17) is 4.74 Å². The largest absolute Gasteiger partial charge is 0.381 e. The lowest BCUT2D eigenvalue weighted by Crippen LogP contribution is -2.49. The number of likely N-dealkylation sites (N-methyl/N-ethyl adjacent to an activating group) is 1. The van der Waals surface area contributed by atoms with Gasteiger partial charge in [0.25, 0.3) is 0 Å². The Morgan fingerprint density at radius 2 is 1.72 bits per heavy atom. The number of aromatic nitrogens is 3. The molecule has 0 saturated carbocycles. The number of likely N-dealkylation sites (tertiary alicyclic amines) is 1. The Labute approximate surface area is 214 Å². The molecule has 0 aliphatic carbocycles. The van der Waals surface area contributed by atoms with Crippen molar-refractivity contribution in [3.63, 3.8) is 0 Å². The van der Waals surface area contributed by atoms with Crippen molar-refractivity contribution in [3.8, 4) is 5.95 Å². The molecule has 7 nitrogen and oxygen atoms in total. The average molecular weight is 488 g/mol. The SMILES string of the molecule is CN(C(=O)C1CCOCC1)[C@H](Cc1ccccc1)C1CCN(Cc2cccn2-c2ncccn2)CC1. The normalized spacial score (nSPS) is 18.7. The molecule has 0 N–H and O–H groups in total. The number of piperidine rings is 1. The number of ether oxygens (including phenoxy) is 1. The van der Waals surface area contributed by atoms with E-state index in [0.29, 0.717) is 31.0 Å². The maximum atomic E-state index is 13.5. The van der Waals surface area contributed by atoms with Crippen LogP contribution in [0.2, 0.25) is 0 Å². The van der Waals surface area contributed by atoms with E-state index in [0.717, 1.165) is 51.7 Å². The number of hydrogen-bond acceptors (Lipinski definition) is 5. The molecular formula is C29H37N5O2. The highest BCUT2D eigenvalue weighted by molar-refractivity contribution is 5.79. The Hall–Kier alpha value is -3.03. The molecule has 1 amide bonds. The van der Waals surface area contributed by atoms with Crippen molar-refractivity contribution in [2.75, 3.05) is 33.4 Å². The Kier molecular flexibility index (Phi) is 8.08. The second-order valence-corrected chi connectivity index (χ2v) is 10.1. The molecule has 36 heavy (non-hydrogen) atoms. The number of carbonyl (C=O) groups is 1. The predicted molar refractivity (Wildman–Crippen MR) is 140 cm³/mol. The van der Waals surface area contributed by atoms with Crippen LogP contribution < -0.4 is 0 Å². The van der Waals surface area contributed by atoms with Crippen LogP contribution in [0.15, 0.2) is 67.1 Å². The Morgan fingerprint density at radius 1 is 1.00 bits per heavy atom. The van der Waals surface area contributed by atoms with Crippen molar-refractivity contribution in [1.29, 1.82) is 0 Å². The molecule has 0 spiro atoms. The lowest BCUT2D eigenvalue weighted by atomic mass is 9.84. The Bertz CT molecular complexity index is 1090. The van der Waals surface area contributed by atoms with E-state index in [2.05, 4.69) is 66.8 Å². The molecule has 2 aliphatic rings.